The predicted octanol–water partition coefficient (Wildman–Crippen LogP) is 3.15. The lowest BCUT2D eigenvalue weighted by Crippen LogP contribution is -2.49. The molecule has 0 radical (unpaired) electrons. The molecule has 0 bridgehead atoms. The van der Waals surface area contributed by atoms with Crippen LogP contribution in [0.3, 0.4) is 0 Å². The van der Waals surface area contributed by atoms with Gasteiger partial charge in [0.15, 0.2) is 0 Å². The van der Waals surface area contributed by atoms with Crippen molar-refractivity contribution in [2.45, 2.75) is 6.92 Å². The molecule has 0 unspecified atom stereocenters. The summed E-state index contributed by atoms with van der Waals surface area (Å²) in [5, 5.41) is 3.83. The molecule has 1 fully saturated rings. The first-order valence-corrected chi connectivity index (χ1v) is 8.81. The summed E-state index contributed by atoms with van der Waals surface area (Å²) in [4.78, 5) is 20.5. The maximum Gasteiger partial charge on any atom is 0.295 e. The summed E-state index contributed by atoms with van der Waals surface area (Å²) >= 11 is 0. The average Bonchev–Trinajstić information content (AvgIpc) is 3.19. The number of hydrogen-bond donors (Lipinski definition) is 0. The van der Waals surface area contributed by atoms with Gasteiger partial charge in [-0.2, -0.15) is 4.98 Å². The molecule has 1 saturated heterocycles. The summed E-state index contributed by atoms with van der Waals surface area (Å²) in [6.07, 6.45) is 0. The van der Waals surface area contributed by atoms with Gasteiger partial charge in [0.05, 0.1) is 5.69 Å². The number of benzene rings is 2. The van der Waals surface area contributed by atoms with Gasteiger partial charge >= 0.3 is 0 Å². The number of aryl methyl sites for hydroxylation is 1. The van der Waals surface area contributed by atoms with E-state index in [1.807, 2.05) is 42.2 Å². The zero-order valence-electron chi connectivity index (χ0n) is 14.9. The zero-order valence-corrected chi connectivity index (χ0v) is 14.9. The van der Waals surface area contributed by atoms with Crippen LogP contribution in [0.2, 0.25) is 0 Å². The Labute approximate surface area is 156 Å². The van der Waals surface area contributed by atoms with Gasteiger partial charge in [0.2, 0.25) is 0 Å². The van der Waals surface area contributed by atoms with E-state index in [4.69, 9.17) is 4.52 Å². The Bertz CT molecular complexity index is 947. The van der Waals surface area contributed by atoms with Crippen LogP contribution in [0, 0.1) is 12.7 Å². The first-order chi connectivity index (χ1) is 13.1. The van der Waals surface area contributed by atoms with Crippen molar-refractivity contribution >= 4 is 11.6 Å². The minimum atomic E-state index is -0.273. The van der Waals surface area contributed by atoms with E-state index >= 15 is 0 Å². The Morgan fingerprint density at radius 3 is 2.44 bits per heavy atom. The molecular formula is C20H19FN4O2. The highest BCUT2D eigenvalue weighted by atomic mass is 19.1. The second-order valence-corrected chi connectivity index (χ2v) is 6.52. The second kappa shape index (κ2) is 7.19. The Balaban J connectivity index is 1.43. The molecule has 27 heavy (non-hydrogen) atoms. The number of carbonyl (C=O) groups excluding carboxylic acids is 1. The second-order valence-electron chi connectivity index (χ2n) is 6.52. The van der Waals surface area contributed by atoms with Crippen molar-refractivity contribution in [2.24, 2.45) is 0 Å². The van der Waals surface area contributed by atoms with Crippen LogP contribution in [0.5, 0.6) is 0 Å². The molecule has 0 aliphatic carbocycles. The van der Waals surface area contributed by atoms with E-state index in [2.05, 4.69) is 10.1 Å². The largest absolute Gasteiger partial charge is 0.366 e. The van der Waals surface area contributed by atoms with Gasteiger partial charge in [-0.3, -0.25) is 4.79 Å². The van der Waals surface area contributed by atoms with Gasteiger partial charge in [-0.25, -0.2) is 4.39 Å². The fraction of sp³-hybridized carbons (Fsp3) is 0.250. The molecule has 0 spiro atoms. The number of nitrogens with zero attached hydrogens (tertiary/aromatic N) is 4. The molecule has 2 aromatic carbocycles. The van der Waals surface area contributed by atoms with Crippen LogP contribution in [0.15, 0.2) is 53.1 Å². The summed E-state index contributed by atoms with van der Waals surface area (Å²) in [7, 11) is 0. The number of halogens is 1. The first-order valence-electron chi connectivity index (χ1n) is 8.81. The third-order valence-electron chi connectivity index (χ3n) is 4.68. The maximum absolute atomic E-state index is 13.9. The third kappa shape index (κ3) is 3.53. The van der Waals surface area contributed by atoms with Crippen molar-refractivity contribution in [3.63, 3.8) is 0 Å². The lowest BCUT2D eigenvalue weighted by atomic mass is 10.1. The molecule has 1 aromatic heterocycles. The molecule has 1 aliphatic heterocycles. The van der Waals surface area contributed by atoms with Crippen molar-refractivity contribution in [1.82, 2.24) is 15.0 Å². The standard InChI is InChI=1S/C20H19FN4O2/c1-14-6-8-15(9-7-14)19-22-18(23-27-19)20(26)25-12-10-24(11-13-25)17-5-3-2-4-16(17)21/h2-9H,10-13H2,1H3. The van der Waals surface area contributed by atoms with Gasteiger partial charge in [-0.05, 0) is 31.2 Å². The summed E-state index contributed by atoms with van der Waals surface area (Å²) < 4.78 is 19.2. The number of piperazine rings is 1. The number of anilines is 1. The molecule has 6 nitrogen and oxygen atoms in total. The van der Waals surface area contributed by atoms with E-state index in [1.54, 1.807) is 17.0 Å². The van der Waals surface area contributed by atoms with Crippen LogP contribution in [0.25, 0.3) is 11.5 Å². The summed E-state index contributed by atoms with van der Waals surface area (Å²) in [6, 6.07) is 14.3. The molecule has 2 heterocycles. The van der Waals surface area contributed by atoms with Crippen LogP contribution in [0.1, 0.15) is 16.2 Å². The minimum absolute atomic E-state index is 0.0462. The lowest BCUT2D eigenvalue weighted by Gasteiger charge is -2.35. The summed E-state index contributed by atoms with van der Waals surface area (Å²) in [5.74, 6) is -0.156. The number of para-hydroxylation sites is 1. The first kappa shape index (κ1) is 17.2. The SMILES string of the molecule is Cc1ccc(-c2nc(C(=O)N3CCN(c4ccccc4F)CC3)no2)cc1. The van der Waals surface area contributed by atoms with E-state index in [1.165, 1.54) is 6.07 Å². The predicted molar refractivity (Wildman–Crippen MR) is 99.0 cm³/mol. The highest BCUT2D eigenvalue weighted by Crippen LogP contribution is 2.21. The van der Waals surface area contributed by atoms with Gasteiger partial charge in [0, 0.05) is 31.7 Å². The van der Waals surface area contributed by atoms with Crippen molar-refractivity contribution in [3.8, 4) is 11.5 Å². The van der Waals surface area contributed by atoms with Crippen LogP contribution < -0.4 is 4.90 Å². The molecule has 0 N–H and O–H groups in total. The van der Waals surface area contributed by atoms with Crippen LogP contribution in [-0.4, -0.2) is 47.1 Å². The molecule has 4 rings (SSSR count). The van der Waals surface area contributed by atoms with Crippen molar-refractivity contribution < 1.29 is 13.7 Å². The number of amides is 1. The van der Waals surface area contributed by atoms with E-state index in [-0.39, 0.29) is 17.5 Å². The number of carbonyl (C=O) groups is 1. The molecular weight excluding hydrogens is 347 g/mol. The molecule has 0 saturated carbocycles. The van der Waals surface area contributed by atoms with Crippen LogP contribution >= 0.6 is 0 Å². The summed E-state index contributed by atoms with van der Waals surface area (Å²) in [6.45, 7) is 4.04. The molecule has 1 aliphatic rings. The van der Waals surface area contributed by atoms with Crippen LogP contribution in [0.4, 0.5) is 10.1 Å². The Hall–Kier alpha value is -3.22. The van der Waals surface area contributed by atoms with Gasteiger partial charge < -0.3 is 14.3 Å². The number of rotatable bonds is 3. The Morgan fingerprint density at radius 2 is 1.74 bits per heavy atom. The number of aromatic nitrogens is 2. The van der Waals surface area contributed by atoms with Gasteiger partial charge in [-0.1, -0.05) is 35.0 Å². The number of hydrogen-bond acceptors (Lipinski definition) is 5. The fourth-order valence-electron chi connectivity index (χ4n) is 3.12. The van der Waals surface area contributed by atoms with Gasteiger partial charge in [0.25, 0.3) is 17.6 Å². The fourth-order valence-corrected chi connectivity index (χ4v) is 3.12. The van der Waals surface area contributed by atoms with Gasteiger partial charge in [0.1, 0.15) is 5.82 Å². The summed E-state index contributed by atoms with van der Waals surface area (Å²) in [5.41, 5.74) is 2.46. The van der Waals surface area contributed by atoms with E-state index in [0.717, 1.165) is 11.1 Å². The van der Waals surface area contributed by atoms with E-state index in [0.29, 0.717) is 37.8 Å². The molecule has 138 valence electrons. The van der Waals surface area contributed by atoms with E-state index < -0.39 is 0 Å². The average molecular weight is 366 g/mol. The van der Waals surface area contributed by atoms with Crippen molar-refractivity contribution in [1.29, 1.82) is 0 Å². The smallest absolute Gasteiger partial charge is 0.295 e. The van der Waals surface area contributed by atoms with E-state index in [9.17, 15) is 9.18 Å². The minimum Gasteiger partial charge on any atom is -0.366 e. The topological polar surface area (TPSA) is 62.5 Å². The molecule has 7 heteroatoms. The monoisotopic (exact) mass is 366 g/mol. The maximum atomic E-state index is 13.9. The molecule has 0 atom stereocenters. The Morgan fingerprint density at radius 1 is 1.04 bits per heavy atom. The highest BCUT2D eigenvalue weighted by molar-refractivity contribution is 5.91. The molecule has 3 aromatic rings. The third-order valence-corrected chi connectivity index (χ3v) is 4.68. The normalized spacial score (nSPS) is 14.4. The van der Waals surface area contributed by atoms with Crippen molar-refractivity contribution in [3.05, 3.63) is 65.7 Å². The van der Waals surface area contributed by atoms with Crippen LogP contribution in [-0.2, 0) is 0 Å². The van der Waals surface area contributed by atoms with Gasteiger partial charge in [-0.15, -0.1) is 0 Å². The van der Waals surface area contributed by atoms with Crippen molar-refractivity contribution in [2.75, 3.05) is 31.1 Å². The lowest BCUT2D eigenvalue weighted by molar-refractivity contribution is 0.0731. The Kier molecular flexibility index (Phi) is 4.58. The highest BCUT2D eigenvalue weighted by Gasteiger charge is 2.26. The quantitative estimate of drug-likeness (QED) is 0.713. The zero-order chi connectivity index (χ0) is 18.8. The molecule has 1 amide bonds.